The summed E-state index contributed by atoms with van der Waals surface area (Å²) in [4.78, 5) is 12.6. The van der Waals surface area contributed by atoms with Crippen LogP contribution in [0.2, 0.25) is 0 Å². The van der Waals surface area contributed by atoms with E-state index in [-0.39, 0.29) is 17.5 Å². The number of hydrogen-bond acceptors (Lipinski definition) is 3. The minimum Gasteiger partial charge on any atom is -0.360 e. The van der Waals surface area contributed by atoms with Gasteiger partial charge in [0.15, 0.2) is 0 Å². The van der Waals surface area contributed by atoms with Crippen molar-refractivity contribution in [3.05, 3.63) is 76.0 Å². The van der Waals surface area contributed by atoms with Gasteiger partial charge >= 0.3 is 0 Å². The zero-order valence-corrected chi connectivity index (χ0v) is 16.8. The molecule has 3 rings (SSSR count). The molecule has 1 aliphatic carbocycles. The number of nitriles is 1. The molecular formula is C24H27N3O. The summed E-state index contributed by atoms with van der Waals surface area (Å²) in [5.74, 6) is -0.369. The highest BCUT2D eigenvalue weighted by molar-refractivity contribution is 5.97. The Kier molecular flexibility index (Phi) is 6.16. The van der Waals surface area contributed by atoms with Crippen molar-refractivity contribution in [1.29, 1.82) is 5.26 Å². The summed E-state index contributed by atoms with van der Waals surface area (Å²) in [6, 6.07) is 14.3. The van der Waals surface area contributed by atoms with Crippen molar-refractivity contribution in [1.82, 2.24) is 5.32 Å². The average molecular weight is 374 g/mol. The minimum absolute atomic E-state index is 0.0625. The SMILES string of the molecule is Cc1cccc(C)c1N/C=C(/C#N)C(=O)NC(C)c1ccc2c(c1)CCCC2. The molecule has 0 radical (unpaired) electrons. The monoisotopic (exact) mass is 373 g/mol. The lowest BCUT2D eigenvalue weighted by atomic mass is 9.89. The first kappa shape index (κ1) is 19.7. The maximum absolute atomic E-state index is 12.6. The Morgan fingerprint density at radius 3 is 2.46 bits per heavy atom. The number of aryl methyl sites for hydroxylation is 4. The second-order valence-electron chi connectivity index (χ2n) is 7.51. The lowest BCUT2D eigenvalue weighted by Crippen LogP contribution is -2.28. The number of nitrogens with one attached hydrogen (secondary N) is 2. The highest BCUT2D eigenvalue weighted by Crippen LogP contribution is 2.25. The van der Waals surface area contributed by atoms with Gasteiger partial charge in [-0.25, -0.2) is 0 Å². The van der Waals surface area contributed by atoms with Crippen molar-refractivity contribution < 1.29 is 4.79 Å². The number of fused-ring (bicyclic) bond motifs is 1. The highest BCUT2D eigenvalue weighted by atomic mass is 16.1. The molecule has 0 bridgehead atoms. The van der Waals surface area contributed by atoms with Gasteiger partial charge in [0, 0.05) is 11.9 Å². The Balaban J connectivity index is 1.70. The Hall–Kier alpha value is -3.06. The van der Waals surface area contributed by atoms with Crippen molar-refractivity contribution in [2.45, 2.75) is 52.5 Å². The average Bonchev–Trinajstić information content (AvgIpc) is 2.69. The normalized spacial score (nSPS) is 14.6. The van der Waals surface area contributed by atoms with Gasteiger partial charge in [-0.05, 0) is 74.3 Å². The number of carbonyl (C=O) groups is 1. The molecule has 0 aliphatic heterocycles. The van der Waals surface area contributed by atoms with Crippen LogP contribution in [0, 0.1) is 25.2 Å². The minimum atomic E-state index is -0.369. The van der Waals surface area contributed by atoms with E-state index in [1.54, 1.807) is 0 Å². The first-order valence-corrected chi connectivity index (χ1v) is 9.85. The smallest absolute Gasteiger partial charge is 0.263 e. The molecule has 0 heterocycles. The maximum Gasteiger partial charge on any atom is 0.263 e. The number of anilines is 1. The third-order valence-electron chi connectivity index (χ3n) is 5.43. The van der Waals surface area contributed by atoms with Crippen LogP contribution < -0.4 is 10.6 Å². The van der Waals surface area contributed by atoms with Crippen molar-refractivity contribution in [3.63, 3.8) is 0 Å². The van der Waals surface area contributed by atoms with Crippen LogP contribution >= 0.6 is 0 Å². The van der Waals surface area contributed by atoms with Crippen molar-refractivity contribution in [2.24, 2.45) is 0 Å². The van der Waals surface area contributed by atoms with Gasteiger partial charge in [-0.3, -0.25) is 4.79 Å². The van der Waals surface area contributed by atoms with E-state index in [2.05, 4.69) is 28.8 Å². The summed E-state index contributed by atoms with van der Waals surface area (Å²) >= 11 is 0. The standard InChI is InChI=1S/C24H27N3O/c1-16-7-6-8-17(2)23(16)26-15-22(14-25)24(28)27-18(3)20-12-11-19-9-4-5-10-21(19)13-20/h6-8,11-13,15,18,26H,4-5,9-10H2,1-3H3,(H,27,28)/b22-15-. The molecule has 2 aromatic rings. The van der Waals surface area contributed by atoms with E-state index in [9.17, 15) is 10.1 Å². The topological polar surface area (TPSA) is 64.9 Å². The third kappa shape index (κ3) is 4.43. The molecule has 2 N–H and O–H groups in total. The van der Waals surface area contributed by atoms with Crippen LogP contribution in [-0.4, -0.2) is 5.91 Å². The summed E-state index contributed by atoms with van der Waals surface area (Å²) < 4.78 is 0. The van der Waals surface area contributed by atoms with Crippen molar-refractivity contribution in [3.8, 4) is 6.07 Å². The van der Waals surface area contributed by atoms with Crippen LogP contribution in [0.4, 0.5) is 5.69 Å². The number of benzene rings is 2. The van der Waals surface area contributed by atoms with Gasteiger partial charge in [0.2, 0.25) is 0 Å². The summed E-state index contributed by atoms with van der Waals surface area (Å²) in [7, 11) is 0. The molecule has 1 atom stereocenters. The van der Waals surface area contributed by atoms with Gasteiger partial charge in [-0.15, -0.1) is 0 Å². The third-order valence-corrected chi connectivity index (χ3v) is 5.43. The van der Waals surface area contributed by atoms with E-state index >= 15 is 0 Å². The molecule has 4 heteroatoms. The van der Waals surface area contributed by atoms with E-state index in [0.717, 1.165) is 35.2 Å². The van der Waals surface area contributed by atoms with Gasteiger partial charge in [-0.1, -0.05) is 36.4 Å². The van der Waals surface area contributed by atoms with Crippen LogP contribution in [0.3, 0.4) is 0 Å². The molecule has 1 aliphatic rings. The number of para-hydroxylation sites is 1. The molecule has 4 nitrogen and oxygen atoms in total. The lowest BCUT2D eigenvalue weighted by molar-refractivity contribution is -0.117. The van der Waals surface area contributed by atoms with Gasteiger partial charge in [-0.2, -0.15) is 5.26 Å². The maximum atomic E-state index is 12.6. The predicted octanol–water partition coefficient (Wildman–Crippen LogP) is 4.88. The number of carbonyl (C=O) groups excluding carboxylic acids is 1. The first-order valence-electron chi connectivity index (χ1n) is 9.85. The number of rotatable bonds is 5. The second kappa shape index (κ2) is 8.75. The fraction of sp³-hybridized carbons (Fsp3) is 0.333. The van der Waals surface area contributed by atoms with Crippen LogP contribution in [0.5, 0.6) is 0 Å². The summed E-state index contributed by atoms with van der Waals surface area (Å²) in [5, 5.41) is 15.5. The Labute approximate surface area is 167 Å². The molecule has 0 spiro atoms. The van der Waals surface area contributed by atoms with Gasteiger partial charge in [0.05, 0.1) is 6.04 Å². The largest absolute Gasteiger partial charge is 0.360 e. The zero-order valence-electron chi connectivity index (χ0n) is 16.8. The molecule has 0 saturated heterocycles. The predicted molar refractivity (Wildman–Crippen MR) is 113 cm³/mol. The molecule has 0 aromatic heterocycles. The zero-order chi connectivity index (χ0) is 20.1. The number of hydrogen-bond donors (Lipinski definition) is 2. The quantitative estimate of drug-likeness (QED) is 0.580. The summed E-state index contributed by atoms with van der Waals surface area (Å²) in [5.41, 5.74) is 7.00. The Morgan fingerprint density at radius 2 is 1.79 bits per heavy atom. The highest BCUT2D eigenvalue weighted by Gasteiger charge is 2.16. The van der Waals surface area contributed by atoms with Crippen LogP contribution in [0.15, 0.2) is 48.2 Å². The number of amides is 1. The lowest BCUT2D eigenvalue weighted by Gasteiger charge is -2.20. The van der Waals surface area contributed by atoms with E-state index < -0.39 is 0 Å². The van der Waals surface area contributed by atoms with Crippen molar-refractivity contribution in [2.75, 3.05) is 5.32 Å². The van der Waals surface area contributed by atoms with E-state index in [1.807, 2.05) is 45.0 Å². The fourth-order valence-electron chi connectivity index (χ4n) is 3.72. The fourth-order valence-corrected chi connectivity index (χ4v) is 3.72. The van der Waals surface area contributed by atoms with Crippen LogP contribution in [0.1, 0.15) is 53.6 Å². The molecule has 2 aromatic carbocycles. The number of nitrogens with zero attached hydrogens (tertiary/aromatic N) is 1. The molecule has 0 saturated carbocycles. The van der Waals surface area contributed by atoms with Crippen LogP contribution in [-0.2, 0) is 17.6 Å². The first-order chi connectivity index (χ1) is 13.5. The van der Waals surface area contributed by atoms with Gasteiger partial charge in [0.25, 0.3) is 5.91 Å². The molecule has 28 heavy (non-hydrogen) atoms. The van der Waals surface area contributed by atoms with Gasteiger partial charge < -0.3 is 10.6 Å². The summed E-state index contributed by atoms with van der Waals surface area (Å²) in [6.45, 7) is 5.94. The molecule has 144 valence electrons. The van der Waals surface area contributed by atoms with E-state index in [0.29, 0.717) is 0 Å². The molecule has 1 amide bonds. The molecular weight excluding hydrogens is 346 g/mol. The summed E-state index contributed by atoms with van der Waals surface area (Å²) in [6.07, 6.45) is 6.21. The molecule has 0 fully saturated rings. The molecule has 1 unspecified atom stereocenters. The van der Waals surface area contributed by atoms with Crippen LogP contribution in [0.25, 0.3) is 0 Å². The van der Waals surface area contributed by atoms with Crippen molar-refractivity contribution >= 4 is 11.6 Å². The second-order valence-corrected chi connectivity index (χ2v) is 7.51. The van der Waals surface area contributed by atoms with E-state index in [4.69, 9.17) is 0 Å². The van der Waals surface area contributed by atoms with E-state index in [1.165, 1.54) is 30.2 Å². The Morgan fingerprint density at radius 1 is 1.11 bits per heavy atom. The van der Waals surface area contributed by atoms with Gasteiger partial charge in [0.1, 0.15) is 11.6 Å². The Bertz CT molecular complexity index is 933.